The molecule has 3 rings (SSSR count). The Hall–Kier alpha value is -3.29. The van der Waals surface area contributed by atoms with Crippen LogP contribution in [-0.4, -0.2) is 21.0 Å². The second-order valence-electron chi connectivity index (χ2n) is 5.82. The molecule has 3 aromatic rings. The van der Waals surface area contributed by atoms with Gasteiger partial charge >= 0.3 is 0 Å². The lowest BCUT2D eigenvalue weighted by Crippen LogP contribution is -2.15. The van der Waals surface area contributed by atoms with Crippen molar-refractivity contribution in [3.05, 3.63) is 60.2 Å². The molecule has 8 heteroatoms. The van der Waals surface area contributed by atoms with Gasteiger partial charge in [-0.1, -0.05) is 24.3 Å². The van der Waals surface area contributed by atoms with E-state index < -0.39 is 11.6 Å². The zero-order valence-corrected chi connectivity index (χ0v) is 14.3. The number of nitrogens with zero attached hydrogens (tertiary/aromatic N) is 3. The van der Waals surface area contributed by atoms with Gasteiger partial charge in [-0.15, -0.1) is 0 Å². The summed E-state index contributed by atoms with van der Waals surface area (Å²) in [7, 11) is 0. The molecule has 0 aliphatic heterocycles. The molecule has 1 heterocycles. The van der Waals surface area contributed by atoms with Crippen molar-refractivity contribution in [2.45, 2.75) is 19.9 Å². The number of benzene rings is 2. The molecule has 3 N–H and O–H groups in total. The smallest absolute Gasteiger partial charge is 0.233 e. The standard InChI is InChI=1S/C18H18F2N6/c1-11(2)21-16-24-17(22-12-7-4-3-5-8-12)26-18(25-16)23-14-10-6-9-13(19)15(14)20/h3-11H,1-2H3,(H3,21,22,23,24,25,26). The van der Waals surface area contributed by atoms with E-state index in [4.69, 9.17) is 0 Å². The Morgan fingerprint density at radius 1 is 0.769 bits per heavy atom. The molecule has 0 saturated heterocycles. The van der Waals surface area contributed by atoms with Crippen LogP contribution in [0.15, 0.2) is 48.5 Å². The van der Waals surface area contributed by atoms with E-state index in [0.717, 1.165) is 11.8 Å². The van der Waals surface area contributed by atoms with E-state index in [1.165, 1.54) is 12.1 Å². The fourth-order valence-electron chi connectivity index (χ4n) is 2.18. The molecule has 134 valence electrons. The van der Waals surface area contributed by atoms with Crippen LogP contribution in [0.3, 0.4) is 0 Å². The topological polar surface area (TPSA) is 74.8 Å². The minimum Gasteiger partial charge on any atom is -0.352 e. The molecular formula is C18H18F2N6. The zero-order chi connectivity index (χ0) is 18.5. The van der Waals surface area contributed by atoms with Crippen LogP contribution in [0.2, 0.25) is 0 Å². The van der Waals surface area contributed by atoms with Gasteiger partial charge in [-0.25, -0.2) is 8.78 Å². The predicted octanol–water partition coefficient (Wildman–Crippen LogP) is 4.46. The first kappa shape index (κ1) is 17.5. The van der Waals surface area contributed by atoms with Crippen molar-refractivity contribution in [1.82, 2.24) is 15.0 Å². The molecule has 2 aromatic carbocycles. The molecule has 26 heavy (non-hydrogen) atoms. The molecule has 0 bridgehead atoms. The van der Waals surface area contributed by atoms with Gasteiger partial charge in [0.25, 0.3) is 0 Å². The number of aromatic nitrogens is 3. The number of para-hydroxylation sites is 1. The fourth-order valence-corrected chi connectivity index (χ4v) is 2.18. The second kappa shape index (κ2) is 7.73. The van der Waals surface area contributed by atoms with Gasteiger partial charge in [0.05, 0.1) is 5.69 Å². The van der Waals surface area contributed by atoms with Crippen LogP contribution in [0, 0.1) is 11.6 Å². The number of hydrogen-bond acceptors (Lipinski definition) is 6. The third-order valence-corrected chi connectivity index (χ3v) is 3.28. The summed E-state index contributed by atoms with van der Waals surface area (Å²) >= 11 is 0. The van der Waals surface area contributed by atoms with Crippen LogP contribution in [0.5, 0.6) is 0 Å². The van der Waals surface area contributed by atoms with E-state index in [0.29, 0.717) is 5.95 Å². The Balaban J connectivity index is 1.92. The van der Waals surface area contributed by atoms with Gasteiger partial charge in [0, 0.05) is 11.7 Å². The van der Waals surface area contributed by atoms with Crippen molar-refractivity contribution in [2.75, 3.05) is 16.0 Å². The average molecular weight is 356 g/mol. The van der Waals surface area contributed by atoms with E-state index in [1.807, 2.05) is 44.2 Å². The summed E-state index contributed by atoms with van der Waals surface area (Å²) in [5, 5.41) is 8.83. The van der Waals surface area contributed by atoms with Crippen molar-refractivity contribution in [2.24, 2.45) is 0 Å². The van der Waals surface area contributed by atoms with Crippen molar-refractivity contribution in [3.63, 3.8) is 0 Å². The van der Waals surface area contributed by atoms with Crippen molar-refractivity contribution >= 4 is 29.2 Å². The summed E-state index contributed by atoms with van der Waals surface area (Å²) in [6.45, 7) is 3.88. The molecule has 0 aliphatic carbocycles. The van der Waals surface area contributed by atoms with Gasteiger partial charge in [0.1, 0.15) is 0 Å². The fraction of sp³-hybridized carbons (Fsp3) is 0.167. The van der Waals surface area contributed by atoms with Crippen LogP contribution in [-0.2, 0) is 0 Å². The number of hydrogen-bond donors (Lipinski definition) is 3. The molecule has 6 nitrogen and oxygen atoms in total. The Kier molecular flexibility index (Phi) is 5.21. The van der Waals surface area contributed by atoms with Gasteiger partial charge in [0.2, 0.25) is 17.8 Å². The van der Waals surface area contributed by atoms with Gasteiger partial charge < -0.3 is 16.0 Å². The van der Waals surface area contributed by atoms with Crippen LogP contribution < -0.4 is 16.0 Å². The average Bonchev–Trinajstić information content (AvgIpc) is 2.59. The van der Waals surface area contributed by atoms with Gasteiger partial charge in [-0.3, -0.25) is 0 Å². The first-order chi connectivity index (χ1) is 12.5. The quantitative estimate of drug-likeness (QED) is 0.606. The monoisotopic (exact) mass is 356 g/mol. The highest BCUT2D eigenvalue weighted by Crippen LogP contribution is 2.22. The summed E-state index contributed by atoms with van der Waals surface area (Å²) < 4.78 is 27.3. The third kappa shape index (κ3) is 4.41. The summed E-state index contributed by atoms with van der Waals surface area (Å²) in [6.07, 6.45) is 0. The van der Waals surface area contributed by atoms with E-state index in [2.05, 4.69) is 30.9 Å². The SMILES string of the molecule is CC(C)Nc1nc(Nc2ccccc2)nc(Nc2cccc(F)c2F)n1. The Morgan fingerprint density at radius 3 is 2.12 bits per heavy atom. The van der Waals surface area contributed by atoms with Crippen LogP contribution >= 0.6 is 0 Å². The maximum Gasteiger partial charge on any atom is 0.233 e. The molecule has 0 amide bonds. The molecule has 0 spiro atoms. The minimum atomic E-state index is -0.996. The summed E-state index contributed by atoms with van der Waals surface area (Å²) in [5.41, 5.74) is 0.731. The second-order valence-corrected chi connectivity index (χ2v) is 5.82. The Morgan fingerprint density at radius 2 is 1.42 bits per heavy atom. The molecule has 0 atom stereocenters. The van der Waals surface area contributed by atoms with E-state index in [9.17, 15) is 8.78 Å². The highest BCUT2D eigenvalue weighted by Gasteiger charge is 2.12. The zero-order valence-electron chi connectivity index (χ0n) is 14.3. The Labute approximate surface area is 149 Å². The van der Waals surface area contributed by atoms with Gasteiger partial charge in [-0.2, -0.15) is 15.0 Å². The van der Waals surface area contributed by atoms with Crippen LogP contribution in [0.4, 0.5) is 38.0 Å². The summed E-state index contributed by atoms with van der Waals surface area (Å²) in [6, 6.07) is 13.3. The van der Waals surface area contributed by atoms with Gasteiger partial charge in [-0.05, 0) is 38.1 Å². The molecule has 0 radical (unpaired) electrons. The van der Waals surface area contributed by atoms with E-state index in [-0.39, 0.29) is 23.6 Å². The number of halogens is 2. The number of nitrogens with one attached hydrogen (secondary N) is 3. The highest BCUT2D eigenvalue weighted by atomic mass is 19.2. The van der Waals surface area contributed by atoms with Crippen molar-refractivity contribution < 1.29 is 8.78 Å². The van der Waals surface area contributed by atoms with E-state index >= 15 is 0 Å². The lowest BCUT2D eigenvalue weighted by atomic mass is 10.3. The molecule has 0 unspecified atom stereocenters. The number of anilines is 5. The molecule has 0 saturated carbocycles. The maximum atomic E-state index is 13.9. The molecule has 0 fully saturated rings. The maximum absolute atomic E-state index is 13.9. The highest BCUT2D eigenvalue weighted by molar-refractivity contribution is 5.59. The third-order valence-electron chi connectivity index (χ3n) is 3.28. The van der Waals surface area contributed by atoms with Crippen molar-refractivity contribution in [1.29, 1.82) is 0 Å². The Bertz CT molecular complexity index is 886. The minimum absolute atomic E-state index is 0.0580. The first-order valence-corrected chi connectivity index (χ1v) is 8.07. The van der Waals surface area contributed by atoms with Crippen molar-refractivity contribution in [3.8, 4) is 0 Å². The lowest BCUT2D eigenvalue weighted by Gasteiger charge is -2.13. The van der Waals surface area contributed by atoms with Crippen LogP contribution in [0.1, 0.15) is 13.8 Å². The predicted molar refractivity (Wildman–Crippen MR) is 98.0 cm³/mol. The normalized spacial score (nSPS) is 10.7. The molecular weight excluding hydrogens is 338 g/mol. The summed E-state index contributed by atoms with van der Waals surface area (Å²) in [5.74, 6) is -1.27. The first-order valence-electron chi connectivity index (χ1n) is 8.07. The largest absolute Gasteiger partial charge is 0.352 e. The number of rotatable bonds is 6. The lowest BCUT2D eigenvalue weighted by molar-refractivity contribution is 0.511. The molecule has 0 aliphatic rings. The molecule has 1 aromatic heterocycles. The van der Waals surface area contributed by atoms with E-state index in [1.54, 1.807) is 0 Å². The summed E-state index contributed by atoms with van der Waals surface area (Å²) in [4.78, 5) is 12.7. The van der Waals surface area contributed by atoms with Gasteiger partial charge in [0.15, 0.2) is 11.6 Å². The van der Waals surface area contributed by atoms with Crippen LogP contribution in [0.25, 0.3) is 0 Å².